The normalized spacial score (nSPS) is 14.8. The molecular formula is C42H84N2. The van der Waals surface area contributed by atoms with Crippen molar-refractivity contribution in [3.63, 3.8) is 0 Å². The average Bonchev–Trinajstić information content (AvgIpc) is 3.42. The minimum Gasteiger partial charge on any atom is -0.356 e. The molecule has 0 spiro atoms. The van der Waals surface area contributed by atoms with Gasteiger partial charge in [-0.15, -0.1) is 0 Å². The molecule has 1 unspecified atom stereocenters. The molecule has 1 aliphatic heterocycles. The first-order valence-corrected chi connectivity index (χ1v) is 21.0. The minimum atomic E-state index is 0.640. The van der Waals surface area contributed by atoms with Gasteiger partial charge in [-0.2, -0.15) is 0 Å². The van der Waals surface area contributed by atoms with Crippen LogP contribution in [-0.2, 0) is 0 Å². The first kappa shape index (κ1) is 41.4. The Labute approximate surface area is 280 Å². The van der Waals surface area contributed by atoms with Gasteiger partial charge in [0.2, 0.25) is 0 Å². The number of nitrogens with zero attached hydrogens (tertiary/aromatic N) is 2. The first-order chi connectivity index (χ1) is 21.8. The van der Waals surface area contributed by atoms with Crippen molar-refractivity contribution in [1.82, 2.24) is 9.80 Å². The fourth-order valence-corrected chi connectivity index (χ4v) is 7.25. The van der Waals surface area contributed by atoms with E-state index in [2.05, 4.69) is 43.0 Å². The van der Waals surface area contributed by atoms with E-state index in [9.17, 15) is 0 Å². The van der Waals surface area contributed by atoms with Crippen LogP contribution in [0, 0.1) is 0 Å². The molecular weight excluding hydrogens is 532 g/mol. The van der Waals surface area contributed by atoms with E-state index in [0.717, 1.165) is 0 Å². The Balaban J connectivity index is 2.08. The van der Waals surface area contributed by atoms with Crippen molar-refractivity contribution in [3.8, 4) is 0 Å². The van der Waals surface area contributed by atoms with Crippen LogP contribution in [0.1, 0.15) is 239 Å². The first-order valence-electron chi connectivity index (χ1n) is 21.0. The van der Waals surface area contributed by atoms with Crippen molar-refractivity contribution >= 4 is 0 Å². The van der Waals surface area contributed by atoms with Crippen molar-refractivity contribution in [2.24, 2.45) is 0 Å². The molecule has 262 valence electrons. The van der Waals surface area contributed by atoms with Crippen molar-refractivity contribution in [3.05, 3.63) is 12.4 Å². The van der Waals surface area contributed by atoms with Gasteiger partial charge in [-0.25, -0.2) is 0 Å². The molecule has 0 aliphatic carbocycles. The fraction of sp³-hybridized carbons (Fsp3) is 0.952. The molecule has 0 radical (unpaired) electrons. The SMILES string of the molecule is CCCCCCCCCCCCCCCCCCN1C=CN(CCCCCC)C1CCCCCCCCCCCCCCC. The highest BCUT2D eigenvalue weighted by molar-refractivity contribution is 4.97. The minimum absolute atomic E-state index is 0.640. The lowest BCUT2D eigenvalue weighted by Crippen LogP contribution is -2.39. The van der Waals surface area contributed by atoms with E-state index in [1.807, 2.05) is 0 Å². The fourth-order valence-electron chi connectivity index (χ4n) is 7.25. The van der Waals surface area contributed by atoms with Gasteiger partial charge in [0.15, 0.2) is 0 Å². The Morgan fingerprint density at radius 2 is 0.523 bits per heavy atom. The van der Waals surface area contributed by atoms with E-state index < -0.39 is 0 Å². The summed E-state index contributed by atoms with van der Waals surface area (Å²) >= 11 is 0. The smallest absolute Gasteiger partial charge is 0.101 e. The molecule has 1 atom stereocenters. The molecule has 0 N–H and O–H groups in total. The summed E-state index contributed by atoms with van der Waals surface area (Å²) in [5.74, 6) is 0. The van der Waals surface area contributed by atoms with Crippen LogP contribution >= 0.6 is 0 Å². The van der Waals surface area contributed by atoms with E-state index in [4.69, 9.17) is 0 Å². The summed E-state index contributed by atoms with van der Waals surface area (Å²) in [5, 5.41) is 0. The molecule has 2 heteroatoms. The lowest BCUT2D eigenvalue weighted by molar-refractivity contribution is 0.135. The third-order valence-electron chi connectivity index (χ3n) is 10.3. The zero-order chi connectivity index (χ0) is 31.6. The molecule has 0 saturated carbocycles. The van der Waals surface area contributed by atoms with Gasteiger partial charge < -0.3 is 9.80 Å². The Hall–Kier alpha value is -0.660. The molecule has 0 fully saturated rings. The molecule has 0 saturated heterocycles. The van der Waals surface area contributed by atoms with Crippen LogP contribution in [0.5, 0.6) is 0 Å². The molecule has 44 heavy (non-hydrogen) atoms. The van der Waals surface area contributed by atoms with Gasteiger partial charge in [0.05, 0.1) is 0 Å². The number of rotatable bonds is 36. The monoisotopic (exact) mass is 617 g/mol. The third kappa shape index (κ3) is 25.5. The second-order valence-corrected chi connectivity index (χ2v) is 14.6. The maximum Gasteiger partial charge on any atom is 0.101 e. The van der Waals surface area contributed by atoms with Gasteiger partial charge in [-0.1, -0.05) is 213 Å². The quantitative estimate of drug-likeness (QED) is 0.0646. The summed E-state index contributed by atoms with van der Waals surface area (Å²) in [7, 11) is 0. The Morgan fingerprint density at radius 1 is 0.295 bits per heavy atom. The van der Waals surface area contributed by atoms with Gasteiger partial charge in [0.25, 0.3) is 0 Å². The second-order valence-electron chi connectivity index (χ2n) is 14.6. The van der Waals surface area contributed by atoms with Gasteiger partial charge >= 0.3 is 0 Å². The average molecular weight is 617 g/mol. The van der Waals surface area contributed by atoms with Crippen molar-refractivity contribution in [2.75, 3.05) is 13.1 Å². The van der Waals surface area contributed by atoms with Gasteiger partial charge in [-0.05, 0) is 25.7 Å². The maximum atomic E-state index is 2.71. The number of hydrogen-bond donors (Lipinski definition) is 0. The Morgan fingerprint density at radius 3 is 0.818 bits per heavy atom. The van der Waals surface area contributed by atoms with Crippen molar-refractivity contribution in [1.29, 1.82) is 0 Å². The summed E-state index contributed by atoms with van der Waals surface area (Å²) in [6.07, 6.45) is 54.4. The molecule has 1 heterocycles. The highest BCUT2D eigenvalue weighted by atomic mass is 15.4. The van der Waals surface area contributed by atoms with Gasteiger partial charge in [-0.3, -0.25) is 0 Å². The molecule has 0 bridgehead atoms. The summed E-state index contributed by atoms with van der Waals surface area (Å²) < 4.78 is 0. The van der Waals surface area contributed by atoms with Crippen LogP contribution in [0.2, 0.25) is 0 Å². The summed E-state index contributed by atoms with van der Waals surface area (Å²) in [5.41, 5.74) is 0. The Bertz CT molecular complexity index is 572. The van der Waals surface area contributed by atoms with E-state index in [1.54, 1.807) is 0 Å². The summed E-state index contributed by atoms with van der Waals surface area (Å²) in [4.78, 5) is 5.41. The van der Waals surface area contributed by atoms with E-state index in [1.165, 1.54) is 231 Å². The zero-order valence-corrected chi connectivity index (χ0v) is 31.1. The van der Waals surface area contributed by atoms with Crippen LogP contribution in [0.4, 0.5) is 0 Å². The highest BCUT2D eigenvalue weighted by Gasteiger charge is 2.24. The van der Waals surface area contributed by atoms with E-state index in [-0.39, 0.29) is 0 Å². The number of unbranched alkanes of at least 4 members (excludes halogenated alkanes) is 30. The van der Waals surface area contributed by atoms with Crippen LogP contribution in [0.15, 0.2) is 12.4 Å². The third-order valence-corrected chi connectivity index (χ3v) is 10.3. The Kier molecular flexibility index (Phi) is 31.7. The van der Waals surface area contributed by atoms with Gasteiger partial charge in [0.1, 0.15) is 6.17 Å². The largest absolute Gasteiger partial charge is 0.356 e. The van der Waals surface area contributed by atoms with E-state index >= 15 is 0 Å². The highest BCUT2D eigenvalue weighted by Crippen LogP contribution is 2.24. The van der Waals surface area contributed by atoms with Crippen molar-refractivity contribution < 1.29 is 0 Å². The van der Waals surface area contributed by atoms with Gasteiger partial charge in [0, 0.05) is 25.5 Å². The molecule has 0 amide bonds. The lowest BCUT2D eigenvalue weighted by Gasteiger charge is -2.33. The van der Waals surface area contributed by atoms with Crippen LogP contribution < -0.4 is 0 Å². The van der Waals surface area contributed by atoms with Crippen LogP contribution in [0.3, 0.4) is 0 Å². The lowest BCUT2D eigenvalue weighted by atomic mass is 10.0. The number of hydrogen-bond acceptors (Lipinski definition) is 2. The van der Waals surface area contributed by atoms with Crippen LogP contribution in [0.25, 0.3) is 0 Å². The molecule has 2 nitrogen and oxygen atoms in total. The molecule has 0 aromatic carbocycles. The molecule has 1 aliphatic rings. The van der Waals surface area contributed by atoms with Crippen LogP contribution in [-0.4, -0.2) is 29.1 Å². The summed E-state index contributed by atoms with van der Waals surface area (Å²) in [6.45, 7) is 9.48. The predicted octanol–water partition coefficient (Wildman–Crippen LogP) is 14.7. The van der Waals surface area contributed by atoms with E-state index in [0.29, 0.717) is 6.17 Å². The topological polar surface area (TPSA) is 6.48 Å². The van der Waals surface area contributed by atoms with Crippen molar-refractivity contribution in [2.45, 2.75) is 245 Å². The second kappa shape index (κ2) is 33.7. The molecule has 0 aromatic rings. The molecule has 0 aromatic heterocycles. The molecule has 1 rings (SSSR count). The summed E-state index contributed by atoms with van der Waals surface area (Å²) in [6, 6.07) is 0. The zero-order valence-electron chi connectivity index (χ0n) is 31.1. The standard InChI is InChI=1S/C42H84N2/c1-4-7-10-13-15-17-19-21-22-23-25-27-29-31-33-36-39-44-41-40-43(38-35-12-9-6-3)42(44)37-34-32-30-28-26-24-20-18-16-14-11-8-5-2/h40-42H,4-39H2,1-3H3. The maximum absolute atomic E-state index is 2.71. The predicted molar refractivity (Wildman–Crippen MR) is 200 cm³/mol.